The summed E-state index contributed by atoms with van der Waals surface area (Å²) in [6.45, 7) is 7.51. The lowest BCUT2D eigenvalue weighted by Gasteiger charge is -2.31. The van der Waals surface area contributed by atoms with E-state index in [1.165, 1.54) is 0 Å². The molecule has 1 aromatic rings. The van der Waals surface area contributed by atoms with Crippen LogP contribution in [-0.4, -0.2) is 35.2 Å². The van der Waals surface area contributed by atoms with Gasteiger partial charge in [-0.1, -0.05) is 30.3 Å². The Morgan fingerprint density at radius 2 is 1.83 bits per heavy atom. The molecule has 1 aliphatic rings. The summed E-state index contributed by atoms with van der Waals surface area (Å²) in [5.74, 6) is -0.364. The Bertz CT molecular complexity index is 550. The first-order valence-corrected chi connectivity index (χ1v) is 8.06. The van der Waals surface area contributed by atoms with Gasteiger partial charge < -0.3 is 9.47 Å². The van der Waals surface area contributed by atoms with Crippen molar-refractivity contribution in [3.05, 3.63) is 35.9 Å². The zero-order chi connectivity index (χ0) is 17.0. The molecular weight excluding hydrogens is 294 g/mol. The molecule has 0 bridgehead atoms. The van der Waals surface area contributed by atoms with Crippen molar-refractivity contribution in [3.8, 4) is 0 Å². The van der Waals surface area contributed by atoms with Gasteiger partial charge in [0.1, 0.15) is 11.6 Å². The van der Waals surface area contributed by atoms with Crippen LogP contribution >= 0.6 is 0 Å². The molecule has 0 aliphatic carbocycles. The molecule has 0 unspecified atom stereocenters. The molecule has 1 heterocycles. The van der Waals surface area contributed by atoms with E-state index in [1.807, 2.05) is 51.1 Å². The van der Waals surface area contributed by atoms with E-state index >= 15 is 0 Å². The molecule has 5 heteroatoms. The van der Waals surface area contributed by atoms with Crippen LogP contribution in [0.3, 0.4) is 0 Å². The van der Waals surface area contributed by atoms with E-state index in [1.54, 1.807) is 11.8 Å². The number of carbonyl (C=O) groups is 2. The SMILES string of the molecule is CCOC(=O)[C@H]1CC[C@@H](c2ccccc2)N1C(=O)OC(C)(C)C. The highest BCUT2D eigenvalue weighted by atomic mass is 16.6. The average Bonchev–Trinajstić information content (AvgIpc) is 2.91. The first kappa shape index (κ1) is 17.3. The summed E-state index contributed by atoms with van der Waals surface area (Å²) in [6.07, 6.45) is 0.826. The van der Waals surface area contributed by atoms with Gasteiger partial charge in [-0.3, -0.25) is 4.90 Å². The molecule has 0 spiro atoms. The van der Waals surface area contributed by atoms with Gasteiger partial charge in [0.2, 0.25) is 0 Å². The van der Waals surface area contributed by atoms with Gasteiger partial charge in [0.05, 0.1) is 12.6 Å². The van der Waals surface area contributed by atoms with Crippen molar-refractivity contribution in [2.24, 2.45) is 0 Å². The van der Waals surface area contributed by atoms with E-state index in [2.05, 4.69) is 0 Å². The van der Waals surface area contributed by atoms with Gasteiger partial charge in [-0.25, -0.2) is 9.59 Å². The number of ether oxygens (including phenoxy) is 2. The number of benzene rings is 1. The standard InChI is InChI=1S/C18H25NO4/c1-5-22-16(20)15-12-11-14(13-9-7-6-8-10-13)19(15)17(21)23-18(2,3)4/h6-10,14-15H,5,11-12H2,1-4H3/t14-,15+/m0/s1. The van der Waals surface area contributed by atoms with Crippen molar-refractivity contribution >= 4 is 12.1 Å². The predicted octanol–water partition coefficient (Wildman–Crippen LogP) is 3.69. The molecule has 23 heavy (non-hydrogen) atoms. The number of carbonyl (C=O) groups excluding carboxylic acids is 2. The van der Waals surface area contributed by atoms with Crippen molar-refractivity contribution in [1.82, 2.24) is 4.90 Å². The van der Waals surface area contributed by atoms with E-state index in [0.717, 1.165) is 5.56 Å². The largest absolute Gasteiger partial charge is 0.464 e. The summed E-state index contributed by atoms with van der Waals surface area (Å²) >= 11 is 0. The second-order valence-electron chi connectivity index (χ2n) is 6.66. The fourth-order valence-electron chi connectivity index (χ4n) is 2.85. The third-order valence-electron chi connectivity index (χ3n) is 3.73. The van der Waals surface area contributed by atoms with Gasteiger partial charge in [0, 0.05) is 0 Å². The minimum atomic E-state index is -0.611. The molecule has 126 valence electrons. The van der Waals surface area contributed by atoms with Crippen LogP contribution in [0.1, 0.15) is 52.1 Å². The second kappa shape index (κ2) is 7.02. The molecule has 0 N–H and O–H groups in total. The van der Waals surface area contributed by atoms with Crippen molar-refractivity contribution in [2.45, 2.75) is 58.2 Å². The Labute approximate surface area is 137 Å². The summed E-state index contributed by atoms with van der Waals surface area (Å²) in [5, 5.41) is 0. The number of likely N-dealkylation sites (tertiary alicyclic amines) is 1. The molecule has 1 saturated heterocycles. The fraction of sp³-hybridized carbons (Fsp3) is 0.556. The first-order valence-electron chi connectivity index (χ1n) is 8.06. The van der Waals surface area contributed by atoms with Gasteiger partial charge in [0.15, 0.2) is 0 Å². The van der Waals surface area contributed by atoms with Crippen LogP contribution in [0.4, 0.5) is 4.79 Å². The molecule has 0 radical (unpaired) electrons. The molecule has 0 aromatic heterocycles. The maximum Gasteiger partial charge on any atom is 0.411 e. The monoisotopic (exact) mass is 319 g/mol. The zero-order valence-corrected chi connectivity index (χ0v) is 14.2. The summed E-state index contributed by atoms with van der Waals surface area (Å²) in [5.41, 5.74) is 0.394. The number of amides is 1. The lowest BCUT2D eigenvalue weighted by molar-refractivity contribution is -0.148. The predicted molar refractivity (Wildman–Crippen MR) is 86.9 cm³/mol. The molecule has 2 rings (SSSR count). The normalized spacial score (nSPS) is 21.1. The number of rotatable bonds is 3. The van der Waals surface area contributed by atoms with Gasteiger partial charge >= 0.3 is 12.1 Å². The number of hydrogen-bond donors (Lipinski definition) is 0. The molecular formula is C18H25NO4. The molecule has 0 saturated carbocycles. The Balaban J connectivity index is 2.28. The van der Waals surface area contributed by atoms with Crippen LogP contribution < -0.4 is 0 Å². The Hall–Kier alpha value is -2.04. The van der Waals surface area contributed by atoms with E-state index < -0.39 is 17.7 Å². The van der Waals surface area contributed by atoms with Crippen LogP contribution in [-0.2, 0) is 14.3 Å². The summed E-state index contributed by atoms with van der Waals surface area (Å²) in [7, 11) is 0. The third kappa shape index (κ3) is 4.24. The number of hydrogen-bond acceptors (Lipinski definition) is 4. The summed E-state index contributed by atoms with van der Waals surface area (Å²) in [6, 6.07) is 8.97. The van der Waals surface area contributed by atoms with Crippen LogP contribution in [0.5, 0.6) is 0 Å². The molecule has 1 fully saturated rings. The van der Waals surface area contributed by atoms with Gasteiger partial charge in [0.25, 0.3) is 0 Å². The molecule has 1 amide bonds. The highest BCUT2D eigenvalue weighted by Crippen LogP contribution is 2.37. The lowest BCUT2D eigenvalue weighted by Crippen LogP contribution is -2.45. The Morgan fingerprint density at radius 1 is 1.17 bits per heavy atom. The Morgan fingerprint density at radius 3 is 2.39 bits per heavy atom. The van der Waals surface area contributed by atoms with Crippen LogP contribution in [0.25, 0.3) is 0 Å². The first-order chi connectivity index (χ1) is 10.8. The summed E-state index contributed by atoms with van der Waals surface area (Å²) in [4.78, 5) is 26.4. The van der Waals surface area contributed by atoms with E-state index in [0.29, 0.717) is 19.4 Å². The van der Waals surface area contributed by atoms with E-state index in [4.69, 9.17) is 9.47 Å². The van der Waals surface area contributed by atoms with Crippen molar-refractivity contribution in [3.63, 3.8) is 0 Å². The van der Waals surface area contributed by atoms with Crippen molar-refractivity contribution < 1.29 is 19.1 Å². The highest BCUT2D eigenvalue weighted by molar-refractivity contribution is 5.82. The molecule has 1 aromatic carbocycles. The molecule has 5 nitrogen and oxygen atoms in total. The van der Waals surface area contributed by atoms with Crippen LogP contribution in [0.15, 0.2) is 30.3 Å². The van der Waals surface area contributed by atoms with Crippen LogP contribution in [0, 0.1) is 0 Å². The van der Waals surface area contributed by atoms with Gasteiger partial charge in [-0.15, -0.1) is 0 Å². The average molecular weight is 319 g/mol. The molecule has 2 atom stereocenters. The fourth-order valence-corrected chi connectivity index (χ4v) is 2.85. The quantitative estimate of drug-likeness (QED) is 0.797. The summed E-state index contributed by atoms with van der Waals surface area (Å²) < 4.78 is 10.6. The molecule has 1 aliphatic heterocycles. The Kier molecular flexibility index (Phi) is 5.29. The minimum Gasteiger partial charge on any atom is -0.464 e. The third-order valence-corrected chi connectivity index (χ3v) is 3.73. The van der Waals surface area contributed by atoms with Crippen molar-refractivity contribution in [2.75, 3.05) is 6.61 Å². The van der Waals surface area contributed by atoms with Crippen molar-refractivity contribution in [1.29, 1.82) is 0 Å². The lowest BCUT2D eigenvalue weighted by atomic mass is 10.1. The van der Waals surface area contributed by atoms with E-state index in [-0.39, 0.29) is 12.0 Å². The second-order valence-corrected chi connectivity index (χ2v) is 6.66. The highest BCUT2D eigenvalue weighted by Gasteiger charge is 2.44. The zero-order valence-electron chi connectivity index (χ0n) is 14.2. The van der Waals surface area contributed by atoms with Gasteiger partial charge in [-0.05, 0) is 46.1 Å². The minimum absolute atomic E-state index is 0.166. The maximum absolute atomic E-state index is 12.7. The van der Waals surface area contributed by atoms with Crippen LogP contribution in [0.2, 0.25) is 0 Å². The maximum atomic E-state index is 12.7. The van der Waals surface area contributed by atoms with E-state index in [9.17, 15) is 9.59 Å². The van der Waals surface area contributed by atoms with Gasteiger partial charge in [-0.2, -0.15) is 0 Å². The number of nitrogens with zero attached hydrogens (tertiary/aromatic N) is 1. The number of esters is 1. The smallest absolute Gasteiger partial charge is 0.411 e. The topological polar surface area (TPSA) is 55.8 Å².